The molecule has 3 rings (SSSR count). The molecule has 0 aliphatic heterocycles. The molecule has 0 spiro atoms. The van der Waals surface area contributed by atoms with Gasteiger partial charge in [-0.25, -0.2) is 0 Å². The average molecular weight is 405 g/mol. The maximum absolute atomic E-state index is 12.2. The van der Waals surface area contributed by atoms with E-state index in [-0.39, 0.29) is 11.8 Å². The molecule has 0 fully saturated rings. The van der Waals surface area contributed by atoms with Crippen molar-refractivity contribution in [2.24, 2.45) is 0 Å². The third-order valence-electron chi connectivity index (χ3n) is 4.49. The van der Waals surface area contributed by atoms with Crippen molar-refractivity contribution in [3.8, 4) is 0 Å². The third kappa shape index (κ3) is 6.50. The molecule has 4 nitrogen and oxygen atoms in total. The Hall–Kier alpha value is -3.05. The molecule has 0 bridgehead atoms. The Balaban J connectivity index is 1.52. The average Bonchev–Trinajstić information content (AvgIpc) is 2.70. The Labute approximate surface area is 175 Å². The lowest BCUT2D eigenvalue weighted by Gasteiger charge is -2.09. The second kappa shape index (κ2) is 9.94. The molecule has 0 heterocycles. The van der Waals surface area contributed by atoms with Crippen molar-refractivity contribution < 1.29 is 9.59 Å². The van der Waals surface area contributed by atoms with Gasteiger partial charge in [-0.15, -0.1) is 11.8 Å². The van der Waals surface area contributed by atoms with Crippen LogP contribution in [0.4, 0.5) is 11.4 Å². The first-order valence-electron chi connectivity index (χ1n) is 9.43. The molecule has 0 aromatic heterocycles. The van der Waals surface area contributed by atoms with Gasteiger partial charge in [-0.05, 0) is 60.9 Å². The predicted molar refractivity (Wildman–Crippen MR) is 120 cm³/mol. The van der Waals surface area contributed by atoms with Crippen LogP contribution in [0.3, 0.4) is 0 Å². The fourth-order valence-electron chi connectivity index (χ4n) is 2.82. The van der Waals surface area contributed by atoms with Gasteiger partial charge in [-0.1, -0.05) is 42.5 Å². The van der Waals surface area contributed by atoms with Crippen molar-refractivity contribution >= 4 is 35.0 Å². The third-order valence-corrected chi connectivity index (χ3v) is 5.48. The summed E-state index contributed by atoms with van der Waals surface area (Å²) in [6.07, 6.45) is 0.330. The van der Waals surface area contributed by atoms with E-state index in [9.17, 15) is 9.59 Å². The molecule has 148 valence electrons. The highest BCUT2D eigenvalue weighted by Gasteiger charge is 2.07. The fraction of sp³-hybridized carbons (Fsp3) is 0.167. The molecule has 0 aliphatic carbocycles. The number of thioether (sulfide) groups is 1. The molecule has 0 saturated carbocycles. The van der Waals surface area contributed by atoms with Gasteiger partial charge in [0.1, 0.15) is 0 Å². The first kappa shape index (κ1) is 20.7. The van der Waals surface area contributed by atoms with E-state index < -0.39 is 0 Å². The van der Waals surface area contributed by atoms with Gasteiger partial charge < -0.3 is 10.6 Å². The molecule has 0 saturated heterocycles. The van der Waals surface area contributed by atoms with Crippen LogP contribution in [0.2, 0.25) is 0 Å². The molecule has 2 N–H and O–H groups in total. The molecule has 0 radical (unpaired) electrons. The second-order valence-electron chi connectivity index (χ2n) is 6.87. The topological polar surface area (TPSA) is 58.2 Å². The number of anilines is 2. The van der Waals surface area contributed by atoms with Crippen molar-refractivity contribution in [2.45, 2.75) is 25.2 Å². The second-order valence-corrected chi connectivity index (χ2v) is 7.92. The van der Waals surface area contributed by atoms with Crippen LogP contribution in [0.5, 0.6) is 0 Å². The number of aryl methyl sites for hydroxylation is 2. The zero-order valence-electron chi connectivity index (χ0n) is 16.6. The minimum atomic E-state index is -0.0640. The van der Waals surface area contributed by atoms with Crippen LogP contribution in [0.25, 0.3) is 0 Å². The Kier molecular flexibility index (Phi) is 7.09. The lowest BCUT2D eigenvalue weighted by molar-refractivity contribution is -0.115. The Bertz CT molecular complexity index is 1000. The van der Waals surface area contributed by atoms with Gasteiger partial charge in [0.05, 0.1) is 12.2 Å². The summed E-state index contributed by atoms with van der Waals surface area (Å²) in [6, 6.07) is 23.1. The van der Waals surface area contributed by atoms with Gasteiger partial charge in [0.15, 0.2) is 0 Å². The van der Waals surface area contributed by atoms with Crippen molar-refractivity contribution in [3.63, 3.8) is 0 Å². The highest BCUT2D eigenvalue weighted by Crippen LogP contribution is 2.22. The summed E-state index contributed by atoms with van der Waals surface area (Å²) in [7, 11) is 0. The largest absolute Gasteiger partial charge is 0.326 e. The van der Waals surface area contributed by atoms with E-state index in [0.717, 1.165) is 27.4 Å². The molecule has 0 atom stereocenters. The lowest BCUT2D eigenvalue weighted by Crippen LogP contribution is -2.15. The number of amides is 2. The maximum Gasteiger partial charge on any atom is 0.234 e. The zero-order valence-corrected chi connectivity index (χ0v) is 17.4. The smallest absolute Gasteiger partial charge is 0.234 e. The van der Waals surface area contributed by atoms with Gasteiger partial charge in [0.2, 0.25) is 11.8 Å². The van der Waals surface area contributed by atoms with Crippen LogP contribution in [0, 0.1) is 13.8 Å². The van der Waals surface area contributed by atoms with E-state index in [2.05, 4.69) is 10.6 Å². The van der Waals surface area contributed by atoms with Crippen molar-refractivity contribution in [1.82, 2.24) is 0 Å². The predicted octanol–water partition coefficient (Wildman–Crippen LogP) is 5.22. The number of carbonyl (C=O) groups is 2. The molecule has 0 unspecified atom stereocenters. The molecule has 0 aliphatic rings. The van der Waals surface area contributed by atoms with E-state index >= 15 is 0 Å². The minimum Gasteiger partial charge on any atom is -0.326 e. The number of hydrogen-bond donors (Lipinski definition) is 2. The van der Waals surface area contributed by atoms with Gasteiger partial charge in [-0.2, -0.15) is 0 Å². The molecule has 2 amide bonds. The fourth-order valence-corrected chi connectivity index (χ4v) is 3.57. The zero-order chi connectivity index (χ0) is 20.6. The van der Waals surface area contributed by atoms with Crippen molar-refractivity contribution in [2.75, 3.05) is 16.4 Å². The summed E-state index contributed by atoms with van der Waals surface area (Å²) in [6.45, 7) is 4.07. The van der Waals surface area contributed by atoms with Gasteiger partial charge in [0, 0.05) is 16.3 Å². The van der Waals surface area contributed by atoms with Crippen LogP contribution in [-0.2, 0) is 16.0 Å². The summed E-state index contributed by atoms with van der Waals surface area (Å²) in [4.78, 5) is 25.4. The Morgan fingerprint density at radius 3 is 2.24 bits per heavy atom. The minimum absolute atomic E-state index is 0.0585. The first-order valence-corrected chi connectivity index (χ1v) is 10.4. The Morgan fingerprint density at radius 1 is 0.759 bits per heavy atom. The van der Waals surface area contributed by atoms with Gasteiger partial charge >= 0.3 is 0 Å². The highest BCUT2D eigenvalue weighted by molar-refractivity contribution is 8.00. The quantitative estimate of drug-likeness (QED) is 0.531. The van der Waals surface area contributed by atoms with Crippen LogP contribution >= 0.6 is 11.8 Å². The van der Waals surface area contributed by atoms with Gasteiger partial charge in [-0.3, -0.25) is 9.59 Å². The highest BCUT2D eigenvalue weighted by atomic mass is 32.2. The van der Waals surface area contributed by atoms with E-state index in [4.69, 9.17) is 0 Å². The molecule has 3 aromatic carbocycles. The van der Waals surface area contributed by atoms with E-state index in [0.29, 0.717) is 12.2 Å². The van der Waals surface area contributed by atoms with E-state index in [1.165, 1.54) is 17.3 Å². The van der Waals surface area contributed by atoms with Crippen molar-refractivity contribution in [1.29, 1.82) is 0 Å². The number of nitrogens with one attached hydrogen (secondary N) is 2. The number of benzene rings is 3. The van der Waals surface area contributed by atoms with Crippen molar-refractivity contribution in [3.05, 3.63) is 89.5 Å². The number of rotatable bonds is 7. The molecule has 3 aromatic rings. The molecular formula is C24H24N2O2S. The van der Waals surface area contributed by atoms with Crippen LogP contribution in [-0.4, -0.2) is 17.6 Å². The SMILES string of the molecule is Cc1ccc(NC(=O)CSc2cccc(NC(=O)Cc3ccccc3)c2)cc1C. The summed E-state index contributed by atoms with van der Waals surface area (Å²) in [5, 5.41) is 5.84. The molecule has 29 heavy (non-hydrogen) atoms. The maximum atomic E-state index is 12.2. The normalized spacial score (nSPS) is 10.4. The lowest BCUT2D eigenvalue weighted by atomic mass is 10.1. The van der Waals surface area contributed by atoms with Crippen LogP contribution in [0.15, 0.2) is 77.7 Å². The number of hydrogen-bond acceptors (Lipinski definition) is 3. The number of carbonyl (C=O) groups excluding carboxylic acids is 2. The van der Waals surface area contributed by atoms with Crippen LogP contribution < -0.4 is 10.6 Å². The molecular weight excluding hydrogens is 380 g/mol. The summed E-state index contributed by atoms with van der Waals surface area (Å²) in [5.74, 6) is 0.177. The van der Waals surface area contributed by atoms with E-state index in [1.54, 1.807) is 0 Å². The summed E-state index contributed by atoms with van der Waals surface area (Å²) in [5.41, 5.74) is 4.85. The van der Waals surface area contributed by atoms with E-state index in [1.807, 2.05) is 86.6 Å². The summed E-state index contributed by atoms with van der Waals surface area (Å²) < 4.78 is 0. The van der Waals surface area contributed by atoms with Gasteiger partial charge in [0.25, 0.3) is 0 Å². The molecule has 5 heteroatoms. The van der Waals surface area contributed by atoms with Crippen LogP contribution in [0.1, 0.15) is 16.7 Å². The standard InChI is InChI=1S/C24H24N2O2S/c1-17-11-12-21(13-18(17)2)26-24(28)16-29-22-10-6-9-20(15-22)25-23(27)14-19-7-4-3-5-8-19/h3-13,15H,14,16H2,1-2H3,(H,25,27)(H,26,28). The Morgan fingerprint density at radius 2 is 1.48 bits per heavy atom. The summed E-state index contributed by atoms with van der Waals surface area (Å²) >= 11 is 1.44. The first-order chi connectivity index (χ1) is 14.0. The monoisotopic (exact) mass is 404 g/mol.